The van der Waals surface area contributed by atoms with Crippen LogP contribution in [-0.4, -0.2) is 24.7 Å². The van der Waals surface area contributed by atoms with E-state index in [9.17, 15) is 4.79 Å². The lowest BCUT2D eigenvalue weighted by atomic mass is 9.68. The molecule has 30 heavy (non-hydrogen) atoms. The number of hydrogen-bond acceptors (Lipinski definition) is 6. The molecule has 1 aliphatic carbocycles. The average molecular weight is 426 g/mol. The van der Waals surface area contributed by atoms with Gasteiger partial charge in [-0.15, -0.1) is 0 Å². The summed E-state index contributed by atoms with van der Waals surface area (Å²) in [5.41, 5.74) is 0.278. The molecule has 9 heteroatoms. The van der Waals surface area contributed by atoms with Gasteiger partial charge < -0.3 is 4.52 Å². The van der Waals surface area contributed by atoms with Crippen molar-refractivity contribution in [3.8, 4) is 0 Å². The van der Waals surface area contributed by atoms with E-state index in [-0.39, 0.29) is 36.8 Å². The van der Waals surface area contributed by atoms with Crippen molar-refractivity contribution in [1.82, 2.24) is 24.7 Å². The van der Waals surface area contributed by atoms with E-state index in [1.165, 1.54) is 10.9 Å². The smallest absolute Gasteiger partial charge is 0.262 e. The van der Waals surface area contributed by atoms with Gasteiger partial charge in [-0.2, -0.15) is 4.98 Å². The number of nitrogens with zero attached hydrogens (tertiary/aromatic N) is 5. The Morgan fingerprint density at radius 2 is 2.03 bits per heavy atom. The Bertz CT molecular complexity index is 1290. The Hall–Kier alpha value is -3.13. The summed E-state index contributed by atoms with van der Waals surface area (Å²) in [7, 11) is 0. The molecule has 0 spiro atoms. The topological polar surface area (TPSA) is 86.7 Å². The average Bonchev–Trinajstić information content (AvgIpc) is 3.16. The van der Waals surface area contributed by atoms with Gasteiger partial charge in [0.2, 0.25) is 5.89 Å². The Labute approximate surface area is 175 Å². The molecule has 0 saturated heterocycles. The molecule has 1 aliphatic rings. The van der Waals surface area contributed by atoms with E-state index in [1.807, 2.05) is 6.92 Å². The predicted octanol–water partition coefficient (Wildman–Crippen LogP) is 3.93. The first-order valence-electron chi connectivity index (χ1n) is 9.50. The van der Waals surface area contributed by atoms with Crippen LogP contribution in [-0.2, 0) is 12.2 Å². The third-order valence-electron chi connectivity index (χ3n) is 5.58. The summed E-state index contributed by atoms with van der Waals surface area (Å²) in [6, 6.07) is 6.78. The first-order valence-corrected chi connectivity index (χ1v) is 9.88. The summed E-state index contributed by atoms with van der Waals surface area (Å²) in [6.07, 6.45) is 5.17. The van der Waals surface area contributed by atoms with E-state index in [2.05, 4.69) is 20.1 Å². The monoisotopic (exact) mass is 425 g/mol. The summed E-state index contributed by atoms with van der Waals surface area (Å²) in [5, 5.41) is 5.08. The van der Waals surface area contributed by atoms with Crippen molar-refractivity contribution in [1.29, 1.82) is 0 Å². The second-order valence-corrected chi connectivity index (χ2v) is 8.09. The van der Waals surface area contributed by atoms with Crippen LogP contribution >= 0.6 is 11.6 Å². The van der Waals surface area contributed by atoms with Gasteiger partial charge in [0.15, 0.2) is 5.82 Å². The molecule has 1 fully saturated rings. The molecular weight excluding hydrogens is 409 g/mol. The summed E-state index contributed by atoms with van der Waals surface area (Å²) in [5.74, 6) is 0.597. The highest BCUT2D eigenvalue weighted by Crippen LogP contribution is 2.53. The Balaban J connectivity index is 1.33. The first-order chi connectivity index (χ1) is 14.4. The second-order valence-electron chi connectivity index (χ2n) is 7.65. The molecule has 5 rings (SSSR count). The zero-order chi connectivity index (χ0) is 20.9. The number of pyridine rings is 1. The van der Waals surface area contributed by atoms with Crippen LogP contribution in [0.4, 0.5) is 4.39 Å². The molecule has 4 aromatic rings. The quantitative estimate of drug-likeness (QED) is 0.492. The van der Waals surface area contributed by atoms with Gasteiger partial charge in [-0.3, -0.25) is 14.3 Å². The minimum Gasteiger partial charge on any atom is -0.337 e. The SMILES string of the molecule is Cc1cncc2ncn(Cc3nc([C@H]4C[C@](F)(c5ccc(Cl)cc5)C4)no3)c(=O)c12. The molecule has 0 unspecified atom stereocenters. The summed E-state index contributed by atoms with van der Waals surface area (Å²) in [4.78, 5) is 25.5. The number of halogens is 2. The zero-order valence-corrected chi connectivity index (χ0v) is 16.8. The zero-order valence-electron chi connectivity index (χ0n) is 16.0. The minimum atomic E-state index is -1.42. The molecule has 0 N–H and O–H groups in total. The van der Waals surface area contributed by atoms with Crippen LogP contribution in [0.15, 0.2) is 52.3 Å². The Kier molecular flexibility index (Phi) is 4.39. The van der Waals surface area contributed by atoms with Crippen molar-refractivity contribution >= 4 is 22.5 Å². The number of aryl methyl sites for hydroxylation is 1. The van der Waals surface area contributed by atoms with Crippen LogP contribution in [0.5, 0.6) is 0 Å². The fraction of sp³-hybridized carbons (Fsp3) is 0.286. The molecule has 0 atom stereocenters. The van der Waals surface area contributed by atoms with Crippen LogP contribution in [0.3, 0.4) is 0 Å². The Morgan fingerprint density at radius 1 is 1.27 bits per heavy atom. The molecule has 3 aromatic heterocycles. The number of fused-ring (bicyclic) bond motifs is 1. The number of hydrogen-bond donors (Lipinski definition) is 0. The molecule has 0 aliphatic heterocycles. The maximum Gasteiger partial charge on any atom is 0.262 e. The van der Waals surface area contributed by atoms with E-state index in [4.69, 9.17) is 16.1 Å². The molecule has 3 heterocycles. The molecule has 7 nitrogen and oxygen atoms in total. The lowest BCUT2D eigenvalue weighted by Gasteiger charge is -2.40. The fourth-order valence-electron chi connectivity index (χ4n) is 3.90. The number of alkyl halides is 1. The van der Waals surface area contributed by atoms with Gasteiger partial charge in [0, 0.05) is 17.1 Å². The largest absolute Gasteiger partial charge is 0.337 e. The van der Waals surface area contributed by atoms with Crippen molar-refractivity contribution in [3.05, 3.63) is 81.2 Å². The summed E-state index contributed by atoms with van der Waals surface area (Å²) < 4.78 is 21.8. The molecule has 1 saturated carbocycles. The van der Waals surface area contributed by atoms with Crippen molar-refractivity contribution in [2.75, 3.05) is 0 Å². The highest BCUT2D eigenvalue weighted by atomic mass is 35.5. The molecule has 152 valence electrons. The normalized spacial score (nSPS) is 21.0. The van der Waals surface area contributed by atoms with E-state index < -0.39 is 5.67 Å². The lowest BCUT2D eigenvalue weighted by Crippen LogP contribution is -2.36. The second kappa shape index (κ2) is 6.98. The minimum absolute atomic E-state index is 0.0984. The highest BCUT2D eigenvalue weighted by molar-refractivity contribution is 6.30. The van der Waals surface area contributed by atoms with Gasteiger partial charge >= 0.3 is 0 Å². The van der Waals surface area contributed by atoms with E-state index in [0.29, 0.717) is 27.3 Å². The van der Waals surface area contributed by atoms with Gasteiger partial charge in [-0.05, 0) is 43.0 Å². The van der Waals surface area contributed by atoms with E-state index >= 15 is 4.39 Å². The molecule has 0 amide bonds. The van der Waals surface area contributed by atoms with Gasteiger partial charge in [-0.1, -0.05) is 28.9 Å². The van der Waals surface area contributed by atoms with Crippen molar-refractivity contribution in [2.45, 2.75) is 37.9 Å². The molecular formula is C21H17ClFN5O2. The van der Waals surface area contributed by atoms with Crippen LogP contribution in [0.1, 0.15) is 41.6 Å². The molecule has 0 radical (unpaired) electrons. The van der Waals surface area contributed by atoms with Gasteiger partial charge in [0.05, 0.1) is 23.4 Å². The van der Waals surface area contributed by atoms with Crippen molar-refractivity contribution in [2.24, 2.45) is 0 Å². The standard InChI is InChI=1S/C21H17ClFN5O2/c1-12-8-24-9-16-18(12)20(29)28(11-25-16)10-17-26-19(27-30-17)13-6-21(23,7-13)14-2-4-15(22)5-3-14/h2-5,8-9,11,13H,6-7,10H2,1H3/t13-,21+. The first kappa shape index (κ1) is 18.9. The fourth-order valence-corrected chi connectivity index (χ4v) is 4.03. The summed E-state index contributed by atoms with van der Waals surface area (Å²) >= 11 is 5.88. The highest BCUT2D eigenvalue weighted by Gasteiger charge is 2.48. The lowest BCUT2D eigenvalue weighted by molar-refractivity contribution is 0.0336. The predicted molar refractivity (Wildman–Crippen MR) is 108 cm³/mol. The number of aromatic nitrogens is 5. The van der Waals surface area contributed by atoms with Crippen LogP contribution < -0.4 is 5.56 Å². The van der Waals surface area contributed by atoms with Gasteiger partial charge in [0.1, 0.15) is 12.2 Å². The summed E-state index contributed by atoms with van der Waals surface area (Å²) in [6.45, 7) is 1.91. The van der Waals surface area contributed by atoms with Gasteiger partial charge in [-0.25, -0.2) is 9.37 Å². The van der Waals surface area contributed by atoms with Crippen LogP contribution in [0.2, 0.25) is 5.02 Å². The Morgan fingerprint density at radius 3 is 2.80 bits per heavy atom. The van der Waals surface area contributed by atoms with Crippen molar-refractivity contribution in [3.63, 3.8) is 0 Å². The maximum absolute atomic E-state index is 15.1. The molecule has 1 aromatic carbocycles. The van der Waals surface area contributed by atoms with Crippen LogP contribution in [0.25, 0.3) is 10.9 Å². The number of benzene rings is 1. The van der Waals surface area contributed by atoms with Gasteiger partial charge in [0.25, 0.3) is 5.56 Å². The molecule has 0 bridgehead atoms. The van der Waals surface area contributed by atoms with E-state index in [1.54, 1.807) is 36.7 Å². The van der Waals surface area contributed by atoms with Crippen molar-refractivity contribution < 1.29 is 8.91 Å². The third kappa shape index (κ3) is 3.17. The maximum atomic E-state index is 15.1. The third-order valence-corrected chi connectivity index (χ3v) is 5.83. The van der Waals surface area contributed by atoms with Crippen LogP contribution in [0, 0.1) is 6.92 Å². The van der Waals surface area contributed by atoms with E-state index in [0.717, 1.165) is 5.56 Å². The number of rotatable bonds is 4.